The Bertz CT molecular complexity index is 787. The summed E-state index contributed by atoms with van der Waals surface area (Å²) in [6, 6.07) is 2.01. The van der Waals surface area contributed by atoms with E-state index in [4.69, 9.17) is 26.8 Å². The second kappa shape index (κ2) is 9.92. The van der Waals surface area contributed by atoms with Gasteiger partial charge in [-0.15, -0.1) is 0 Å². The van der Waals surface area contributed by atoms with Crippen molar-refractivity contribution in [1.29, 1.82) is 0 Å². The maximum absolute atomic E-state index is 14.1. The third-order valence-electron chi connectivity index (χ3n) is 5.92. The lowest BCUT2D eigenvalue weighted by Gasteiger charge is -2.30. The second-order valence-corrected chi connectivity index (χ2v) is 8.41. The third kappa shape index (κ3) is 5.40. The zero-order valence-corrected chi connectivity index (χ0v) is 17.7. The summed E-state index contributed by atoms with van der Waals surface area (Å²) in [5.41, 5.74) is 5.79. The largest absolute Gasteiger partial charge is 0.469 e. The van der Waals surface area contributed by atoms with Crippen LogP contribution in [0.4, 0.5) is 14.5 Å². The predicted octanol–water partition coefficient (Wildman–Crippen LogP) is 3.29. The molecule has 1 aromatic carbocycles. The van der Waals surface area contributed by atoms with Crippen LogP contribution in [0.3, 0.4) is 0 Å². The van der Waals surface area contributed by atoms with Crippen LogP contribution >= 0.6 is 11.6 Å². The first-order valence-corrected chi connectivity index (χ1v) is 10.5. The average Bonchev–Trinajstić information content (AvgIpc) is 3.11. The number of nitrogens with zero attached hydrogens (tertiary/aromatic N) is 1. The van der Waals surface area contributed by atoms with Crippen molar-refractivity contribution in [1.82, 2.24) is 4.90 Å². The molecule has 0 radical (unpaired) electrons. The maximum Gasteiger partial charge on any atom is 0.308 e. The number of hydrogen-bond acceptors (Lipinski definition) is 5. The molecule has 2 fully saturated rings. The SMILES string of the molecule is COC(=O)[C@H]1CC[C@H](OC[C@@H]2C[C@H](F)CN2C(=O)Cc2cc(Cl)c(N)cc2F)CC1. The molecular formula is C21H27ClF2N2O4. The van der Waals surface area contributed by atoms with Gasteiger partial charge in [-0.05, 0) is 43.4 Å². The van der Waals surface area contributed by atoms with E-state index in [2.05, 4.69) is 0 Å². The Labute approximate surface area is 179 Å². The highest BCUT2D eigenvalue weighted by atomic mass is 35.5. The molecule has 1 saturated carbocycles. The minimum atomic E-state index is -1.14. The highest BCUT2D eigenvalue weighted by molar-refractivity contribution is 6.33. The van der Waals surface area contributed by atoms with E-state index in [9.17, 15) is 18.4 Å². The number of anilines is 1. The molecule has 3 rings (SSSR count). The number of carbonyl (C=O) groups is 2. The zero-order chi connectivity index (χ0) is 21.8. The summed E-state index contributed by atoms with van der Waals surface area (Å²) < 4.78 is 38.9. The van der Waals surface area contributed by atoms with E-state index in [1.165, 1.54) is 18.1 Å². The van der Waals surface area contributed by atoms with Crippen molar-refractivity contribution in [2.75, 3.05) is 26.0 Å². The maximum atomic E-state index is 14.1. The number of benzene rings is 1. The van der Waals surface area contributed by atoms with Gasteiger partial charge in [0.25, 0.3) is 0 Å². The van der Waals surface area contributed by atoms with Crippen LogP contribution < -0.4 is 5.73 Å². The number of amides is 1. The number of esters is 1. The van der Waals surface area contributed by atoms with E-state index in [0.29, 0.717) is 25.7 Å². The number of nitrogens with two attached hydrogens (primary N) is 1. The fraction of sp³-hybridized carbons (Fsp3) is 0.619. The van der Waals surface area contributed by atoms with Gasteiger partial charge >= 0.3 is 5.97 Å². The van der Waals surface area contributed by atoms with E-state index in [-0.39, 0.29) is 66.2 Å². The van der Waals surface area contributed by atoms with Crippen LogP contribution in [0.25, 0.3) is 0 Å². The summed E-state index contributed by atoms with van der Waals surface area (Å²) in [5, 5.41) is 0.173. The third-order valence-corrected chi connectivity index (χ3v) is 6.25. The Balaban J connectivity index is 1.55. The van der Waals surface area contributed by atoms with Gasteiger partial charge in [0, 0.05) is 6.42 Å². The lowest BCUT2D eigenvalue weighted by Crippen LogP contribution is -2.40. The number of carbonyl (C=O) groups excluding carboxylic acids is 2. The van der Waals surface area contributed by atoms with E-state index >= 15 is 0 Å². The van der Waals surface area contributed by atoms with E-state index in [1.54, 1.807) is 0 Å². The molecule has 2 atom stereocenters. The van der Waals surface area contributed by atoms with E-state index in [0.717, 1.165) is 6.07 Å². The molecular weight excluding hydrogens is 418 g/mol. The van der Waals surface area contributed by atoms with Crippen LogP contribution in [-0.4, -0.2) is 55.4 Å². The van der Waals surface area contributed by atoms with Crippen LogP contribution in [-0.2, 0) is 25.5 Å². The lowest BCUT2D eigenvalue weighted by molar-refractivity contribution is -0.148. The normalized spacial score (nSPS) is 26.6. The van der Waals surface area contributed by atoms with Gasteiger partial charge in [-0.1, -0.05) is 11.6 Å². The molecule has 1 saturated heterocycles. The molecule has 6 nitrogen and oxygen atoms in total. The van der Waals surface area contributed by atoms with Crippen LogP contribution in [0.2, 0.25) is 5.02 Å². The molecule has 1 amide bonds. The molecule has 30 heavy (non-hydrogen) atoms. The Hall–Kier alpha value is -1.93. The second-order valence-electron chi connectivity index (χ2n) is 8.00. The van der Waals surface area contributed by atoms with Gasteiger partial charge in [0.1, 0.15) is 12.0 Å². The number of methoxy groups -OCH3 is 1. The van der Waals surface area contributed by atoms with Gasteiger partial charge in [-0.2, -0.15) is 0 Å². The van der Waals surface area contributed by atoms with Gasteiger partial charge in [0.15, 0.2) is 0 Å². The first kappa shape index (κ1) is 22.7. The van der Waals surface area contributed by atoms with Crippen molar-refractivity contribution in [2.45, 2.75) is 56.8 Å². The van der Waals surface area contributed by atoms with Gasteiger partial charge in [0.2, 0.25) is 5.91 Å². The number of ether oxygens (including phenoxy) is 2. The van der Waals surface area contributed by atoms with Crippen molar-refractivity contribution < 1.29 is 27.8 Å². The molecule has 166 valence electrons. The Morgan fingerprint density at radius 2 is 1.97 bits per heavy atom. The minimum absolute atomic E-state index is 0.0325. The molecule has 0 aromatic heterocycles. The van der Waals surface area contributed by atoms with E-state index < -0.39 is 18.0 Å². The molecule has 2 aliphatic rings. The molecule has 0 spiro atoms. The number of likely N-dealkylation sites (tertiary alicyclic amines) is 1. The van der Waals surface area contributed by atoms with Crippen molar-refractivity contribution in [3.8, 4) is 0 Å². The van der Waals surface area contributed by atoms with Crippen LogP contribution in [0, 0.1) is 11.7 Å². The first-order chi connectivity index (χ1) is 14.3. The van der Waals surface area contributed by atoms with Gasteiger partial charge in [-0.25, -0.2) is 8.78 Å². The van der Waals surface area contributed by atoms with Gasteiger partial charge in [0.05, 0.1) is 55.5 Å². The smallest absolute Gasteiger partial charge is 0.308 e. The lowest BCUT2D eigenvalue weighted by atomic mass is 9.87. The summed E-state index contributed by atoms with van der Waals surface area (Å²) in [5.74, 6) is -1.29. The fourth-order valence-corrected chi connectivity index (χ4v) is 4.39. The Kier molecular flexibility index (Phi) is 7.52. The van der Waals surface area contributed by atoms with Crippen LogP contribution in [0.1, 0.15) is 37.7 Å². The fourth-order valence-electron chi connectivity index (χ4n) is 4.21. The number of halogens is 3. The summed E-state index contributed by atoms with van der Waals surface area (Å²) in [4.78, 5) is 25.8. The Morgan fingerprint density at radius 3 is 2.63 bits per heavy atom. The monoisotopic (exact) mass is 444 g/mol. The molecule has 1 aromatic rings. The first-order valence-electron chi connectivity index (χ1n) is 10.1. The highest BCUT2D eigenvalue weighted by Gasteiger charge is 2.36. The standard InChI is InChI=1S/C21H27ClF2N2O4/c1-29-21(28)12-2-4-16(5-3-12)30-11-15-8-14(23)10-26(15)20(27)7-13-6-17(22)19(25)9-18(13)24/h6,9,12,14-16H,2-5,7-8,10-11,25H2,1H3/t12-,14-,15-,16-/m0/s1. The number of rotatable bonds is 6. The van der Waals surface area contributed by atoms with Crippen molar-refractivity contribution in [3.05, 3.63) is 28.5 Å². The molecule has 0 bridgehead atoms. The summed E-state index contributed by atoms with van der Waals surface area (Å²) in [6.07, 6.45) is 1.60. The zero-order valence-electron chi connectivity index (χ0n) is 16.9. The van der Waals surface area contributed by atoms with Crippen molar-refractivity contribution >= 4 is 29.2 Å². The molecule has 9 heteroatoms. The molecule has 1 aliphatic carbocycles. The predicted molar refractivity (Wildman–Crippen MR) is 108 cm³/mol. The Morgan fingerprint density at radius 1 is 1.27 bits per heavy atom. The molecule has 2 N–H and O–H groups in total. The average molecular weight is 445 g/mol. The quantitative estimate of drug-likeness (QED) is 0.538. The molecule has 1 heterocycles. The van der Waals surface area contributed by atoms with Gasteiger partial charge in [-0.3, -0.25) is 9.59 Å². The van der Waals surface area contributed by atoms with Crippen LogP contribution in [0.5, 0.6) is 0 Å². The van der Waals surface area contributed by atoms with E-state index in [1.807, 2.05) is 0 Å². The summed E-state index contributed by atoms with van der Waals surface area (Å²) >= 11 is 5.93. The highest BCUT2D eigenvalue weighted by Crippen LogP contribution is 2.29. The van der Waals surface area contributed by atoms with Gasteiger partial charge < -0.3 is 20.1 Å². The van der Waals surface area contributed by atoms with Crippen molar-refractivity contribution in [2.24, 2.45) is 5.92 Å². The number of nitrogen functional groups attached to an aromatic ring is 1. The number of hydrogen-bond donors (Lipinski definition) is 1. The molecule has 1 aliphatic heterocycles. The topological polar surface area (TPSA) is 81.9 Å². The number of alkyl halides is 1. The summed E-state index contributed by atoms with van der Waals surface area (Å²) in [7, 11) is 1.38. The van der Waals surface area contributed by atoms with Crippen LogP contribution in [0.15, 0.2) is 12.1 Å². The molecule has 0 unspecified atom stereocenters. The minimum Gasteiger partial charge on any atom is -0.469 e. The van der Waals surface area contributed by atoms with Crippen molar-refractivity contribution in [3.63, 3.8) is 0 Å². The summed E-state index contributed by atoms with van der Waals surface area (Å²) in [6.45, 7) is 0.178.